The van der Waals surface area contributed by atoms with Crippen LogP contribution in [0.25, 0.3) is 66.1 Å². The first-order valence-corrected chi connectivity index (χ1v) is 16.9. The first-order chi connectivity index (χ1) is 24.7. The maximum Gasteiger partial charge on any atom is 0.194 e. The van der Waals surface area contributed by atoms with Crippen molar-refractivity contribution in [2.75, 3.05) is 4.90 Å². The van der Waals surface area contributed by atoms with E-state index in [0.29, 0.717) is 0 Å². The fourth-order valence-electron chi connectivity index (χ4n) is 7.70. The Morgan fingerprint density at radius 3 is 1.74 bits per heavy atom. The van der Waals surface area contributed by atoms with Gasteiger partial charge in [0.05, 0.1) is 5.69 Å². The lowest BCUT2D eigenvalue weighted by Crippen LogP contribution is -2.10. The molecule has 9 aromatic rings. The molecule has 3 heteroatoms. The van der Waals surface area contributed by atoms with Crippen molar-refractivity contribution < 1.29 is 9.21 Å². The zero-order valence-electron chi connectivity index (χ0n) is 27.0. The molecule has 0 N–H and O–H groups in total. The van der Waals surface area contributed by atoms with Crippen LogP contribution in [0.4, 0.5) is 17.1 Å². The topological polar surface area (TPSA) is 33.5 Å². The number of carbonyl (C=O) groups is 1. The van der Waals surface area contributed by atoms with Crippen molar-refractivity contribution in [2.45, 2.75) is 0 Å². The van der Waals surface area contributed by atoms with Crippen LogP contribution >= 0.6 is 0 Å². The Balaban J connectivity index is 1.08. The van der Waals surface area contributed by atoms with Crippen molar-refractivity contribution in [1.82, 2.24) is 0 Å². The molecule has 0 amide bonds. The predicted molar refractivity (Wildman–Crippen MR) is 206 cm³/mol. The van der Waals surface area contributed by atoms with Crippen LogP contribution in [0.3, 0.4) is 0 Å². The van der Waals surface area contributed by atoms with Gasteiger partial charge in [0.2, 0.25) is 0 Å². The van der Waals surface area contributed by atoms with Gasteiger partial charge in [0.15, 0.2) is 5.78 Å². The number of fused-ring (bicyclic) bond motifs is 7. The summed E-state index contributed by atoms with van der Waals surface area (Å²) in [6.07, 6.45) is 0. The molecule has 1 aliphatic carbocycles. The number of rotatable bonds is 5. The van der Waals surface area contributed by atoms with Crippen LogP contribution in [-0.2, 0) is 0 Å². The van der Waals surface area contributed by atoms with Crippen LogP contribution in [0.5, 0.6) is 0 Å². The fourth-order valence-corrected chi connectivity index (χ4v) is 7.70. The number of benzene rings is 8. The molecule has 1 heterocycles. The average molecular weight is 640 g/mol. The maximum atomic E-state index is 13.6. The third-order valence-electron chi connectivity index (χ3n) is 10.0. The van der Waals surface area contributed by atoms with Gasteiger partial charge in [-0.1, -0.05) is 140 Å². The van der Waals surface area contributed by atoms with Crippen molar-refractivity contribution in [2.24, 2.45) is 0 Å². The minimum absolute atomic E-state index is 0.0890. The van der Waals surface area contributed by atoms with Gasteiger partial charge in [-0.05, 0) is 69.6 Å². The van der Waals surface area contributed by atoms with Crippen LogP contribution < -0.4 is 4.90 Å². The third kappa shape index (κ3) is 4.34. The SMILES string of the molecule is O=C1c2ccccc2-c2cccc(-c3ccc(N(c4ccc(-c5cccc6c5oc5ccccc56)cc4)c4cccc5ccccc45)cc3)c21. The molecule has 0 fully saturated rings. The van der Waals surface area contributed by atoms with E-state index in [4.69, 9.17) is 4.42 Å². The molecule has 1 aromatic heterocycles. The van der Waals surface area contributed by atoms with E-state index in [1.807, 2.05) is 42.5 Å². The van der Waals surface area contributed by atoms with Crippen molar-refractivity contribution in [3.8, 4) is 33.4 Å². The van der Waals surface area contributed by atoms with Crippen LogP contribution in [0.2, 0.25) is 0 Å². The molecule has 0 saturated carbocycles. The van der Waals surface area contributed by atoms with E-state index < -0.39 is 0 Å². The molecule has 0 bridgehead atoms. The number of anilines is 3. The lowest BCUT2D eigenvalue weighted by molar-refractivity contribution is 0.104. The monoisotopic (exact) mass is 639 g/mol. The van der Waals surface area contributed by atoms with Gasteiger partial charge < -0.3 is 9.32 Å². The zero-order valence-corrected chi connectivity index (χ0v) is 27.0. The molecular formula is C47H29NO2. The van der Waals surface area contributed by atoms with Gasteiger partial charge in [-0.25, -0.2) is 0 Å². The lowest BCUT2D eigenvalue weighted by Gasteiger charge is -2.27. The Morgan fingerprint density at radius 2 is 0.940 bits per heavy atom. The van der Waals surface area contributed by atoms with E-state index >= 15 is 0 Å². The summed E-state index contributed by atoms with van der Waals surface area (Å²) in [4.78, 5) is 15.9. The number of hydrogen-bond acceptors (Lipinski definition) is 3. The Kier molecular flexibility index (Phi) is 6.33. The molecule has 0 atom stereocenters. The molecule has 0 saturated heterocycles. The van der Waals surface area contributed by atoms with Gasteiger partial charge in [-0.2, -0.15) is 0 Å². The van der Waals surface area contributed by atoms with Gasteiger partial charge in [0.25, 0.3) is 0 Å². The van der Waals surface area contributed by atoms with Gasteiger partial charge in [0, 0.05) is 44.2 Å². The van der Waals surface area contributed by atoms with E-state index in [2.05, 4.69) is 138 Å². The fraction of sp³-hybridized carbons (Fsp3) is 0. The highest BCUT2D eigenvalue weighted by Gasteiger charge is 2.29. The highest BCUT2D eigenvalue weighted by Crippen LogP contribution is 2.44. The number of nitrogens with zero attached hydrogens (tertiary/aromatic N) is 1. The molecule has 0 spiro atoms. The van der Waals surface area contributed by atoms with Crippen LogP contribution in [0.1, 0.15) is 15.9 Å². The molecule has 1 aliphatic rings. The molecule has 234 valence electrons. The van der Waals surface area contributed by atoms with E-state index in [1.165, 1.54) is 10.8 Å². The van der Waals surface area contributed by atoms with Crippen LogP contribution in [0.15, 0.2) is 180 Å². The third-order valence-corrected chi connectivity index (χ3v) is 10.0. The lowest BCUT2D eigenvalue weighted by atomic mass is 9.95. The van der Waals surface area contributed by atoms with Gasteiger partial charge in [-0.15, -0.1) is 0 Å². The molecule has 10 rings (SSSR count). The second-order valence-corrected chi connectivity index (χ2v) is 12.8. The number of carbonyl (C=O) groups excluding carboxylic acids is 1. The highest BCUT2D eigenvalue weighted by atomic mass is 16.3. The molecular weight excluding hydrogens is 611 g/mol. The highest BCUT2D eigenvalue weighted by molar-refractivity contribution is 6.24. The summed E-state index contributed by atoms with van der Waals surface area (Å²) in [6.45, 7) is 0. The quantitative estimate of drug-likeness (QED) is 0.188. The number of hydrogen-bond donors (Lipinski definition) is 0. The summed E-state index contributed by atoms with van der Waals surface area (Å²) in [6, 6.07) is 60.9. The number of para-hydroxylation sites is 2. The van der Waals surface area contributed by atoms with Gasteiger partial charge in [0.1, 0.15) is 11.2 Å². The smallest absolute Gasteiger partial charge is 0.194 e. The first kappa shape index (κ1) is 28.3. The summed E-state index contributed by atoms with van der Waals surface area (Å²) >= 11 is 0. The number of furan rings is 1. The van der Waals surface area contributed by atoms with Crippen molar-refractivity contribution in [1.29, 1.82) is 0 Å². The average Bonchev–Trinajstić information content (AvgIpc) is 3.71. The van der Waals surface area contributed by atoms with E-state index in [0.717, 1.165) is 83.5 Å². The van der Waals surface area contributed by atoms with Crippen LogP contribution in [0, 0.1) is 0 Å². The summed E-state index contributed by atoms with van der Waals surface area (Å²) in [7, 11) is 0. The van der Waals surface area contributed by atoms with E-state index in [-0.39, 0.29) is 5.78 Å². The maximum absolute atomic E-state index is 13.6. The Labute approximate surface area is 289 Å². The first-order valence-electron chi connectivity index (χ1n) is 16.9. The summed E-state index contributed by atoms with van der Waals surface area (Å²) in [5.41, 5.74) is 12.6. The normalized spacial score (nSPS) is 12.0. The standard InChI is InChI=1S/C47H29NO2/c49-46-41-15-4-3-13-38(41)40-18-8-16-36(45(40)46)31-22-26-33(27-23-31)48(43-20-7-11-30-10-1-2-12-35(30)43)34-28-24-32(25-29-34)37-17-9-19-42-39-14-5-6-21-44(39)50-47(37)42/h1-29H. The van der Waals surface area contributed by atoms with Crippen LogP contribution in [-0.4, -0.2) is 5.78 Å². The van der Waals surface area contributed by atoms with E-state index in [9.17, 15) is 4.79 Å². The second kappa shape index (κ2) is 11.2. The van der Waals surface area contributed by atoms with Gasteiger partial charge >= 0.3 is 0 Å². The molecule has 0 radical (unpaired) electrons. The van der Waals surface area contributed by atoms with Crippen molar-refractivity contribution >= 4 is 55.6 Å². The Morgan fingerprint density at radius 1 is 0.400 bits per heavy atom. The largest absolute Gasteiger partial charge is 0.455 e. The molecule has 0 aliphatic heterocycles. The van der Waals surface area contributed by atoms with Crippen molar-refractivity contribution in [3.63, 3.8) is 0 Å². The molecule has 3 nitrogen and oxygen atoms in total. The summed E-state index contributed by atoms with van der Waals surface area (Å²) < 4.78 is 6.37. The minimum atomic E-state index is 0.0890. The second-order valence-electron chi connectivity index (χ2n) is 12.8. The Bertz CT molecular complexity index is 2770. The molecule has 50 heavy (non-hydrogen) atoms. The van der Waals surface area contributed by atoms with Crippen molar-refractivity contribution in [3.05, 3.63) is 187 Å². The number of ketones is 1. The predicted octanol–water partition coefficient (Wildman–Crippen LogP) is 12.8. The summed E-state index contributed by atoms with van der Waals surface area (Å²) in [5.74, 6) is 0.0890. The molecule has 8 aromatic carbocycles. The van der Waals surface area contributed by atoms with E-state index in [1.54, 1.807) is 0 Å². The minimum Gasteiger partial charge on any atom is -0.455 e. The summed E-state index contributed by atoms with van der Waals surface area (Å²) in [5, 5.41) is 4.59. The zero-order chi connectivity index (χ0) is 33.2. The van der Waals surface area contributed by atoms with Gasteiger partial charge in [-0.3, -0.25) is 4.79 Å². The molecule has 0 unspecified atom stereocenters. The Hall–Kier alpha value is -6.71.